The van der Waals surface area contributed by atoms with Crippen LogP contribution in [0, 0.1) is 27.7 Å². The van der Waals surface area contributed by atoms with Crippen LogP contribution in [0.5, 0.6) is 11.5 Å². The lowest BCUT2D eigenvalue weighted by Crippen LogP contribution is -2.27. The fourth-order valence-electron chi connectivity index (χ4n) is 4.22. The first-order valence-electron chi connectivity index (χ1n) is 13.8. The third-order valence-corrected chi connectivity index (χ3v) is 9.24. The maximum atomic E-state index is 13.2. The first-order chi connectivity index (χ1) is 22.6. The standard InChI is InChI=1S/C34H24Cl6O8/c1-15-5-7-19(9-17(15)3)13-45-31(41)25-27(39)21(35)11-23(37)29(25)47-33(43)34(44)48-30-24(38)12-22(36)28(40)26(30)32(42)46-14-20-8-6-16(2)18(4)10-20/h5-12H,13-14H2,1-4H3. The van der Waals surface area contributed by atoms with E-state index in [0.29, 0.717) is 11.1 Å². The zero-order valence-corrected chi connectivity index (χ0v) is 30.1. The summed E-state index contributed by atoms with van der Waals surface area (Å²) in [6.45, 7) is 7.31. The molecule has 4 aromatic rings. The number of carbonyl (C=O) groups excluding carboxylic acids is 4. The molecule has 0 amide bonds. The Morgan fingerprint density at radius 2 is 0.854 bits per heavy atom. The lowest BCUT2D eigenvalue weighted by molar-refractivity contribution is -0.156. The van der Waals surface area contributed by atoms with Gasteiger partial charge in [0.25, 0.3) is 0 Å². The molecular formula is C34H24Cl6O8. The Morgan fingerprint density at radius 1 is 0.500 bits per heavy atom. The van der Waals surface area contributed by atoms with Crippen LogP contribution < -0.4 is 9.47 Å². The molecule has 0 fully saturated rings. The summed E-state index contributed by atoms with van der Waals surface area (Å²) in [6.07, 6.45) is 0. The molecule has 0 spiro atoms. The average Bonchev–Trinajstić information content (AvgIpc) is 3.03. The Bertz CT molecular complexity index is 1830. The molecule has 0 heterocycles. The Hall–Kier alpha value is -3.50. The van der Waals surface area contributed by atoms with Crippen LogP contribution in [-0.4, -0.2) is 23.9 Å². The second kappa shape index (κ2) is 15.8. The molecule has 14 heteroatoms. The van der Waals surface area contributed by atoms with E-state index in [2.05, 4.69) is 0 Å². The number of halogens is 6. The average molecular weight is 773 g/mol. The van der Waals surface area contributed by atoms with E-state index in [-0.39, 0.29) is 43.3 Å². The largest absolute Gasteiger partial charge is 0.457 e. The highest BCUT2D eigenvalue weighted by Crippen LogP contribution is 2.42. The molecule has 0 bridgehead atoms. The van der Waals surface area contributed by atoms with Crippen LogP contribution in [0.2, 0.25) is 30.1 Å². The van der Waals surface area contributed by atoms with Crippen molar-refractivity contribution in [1.82, 2.24) is 0 Å². The smallest absolute Gasteiger partial charge is 0.423 e. The van der Waals surface area contributed by atoms with E-state index in [0.717, 1.165) is 34.4 Å². The maximum Gasteiger partial charge on any atom is 0.423 e. The molecule has 48 heavy (non-hydrogen) atoms. The van der Waals surface area contributed by atoms with Gasteiger partial charge in [0.1, 0.15) is 24.3 Å². The van der Waals surface area contributed by atoms with Gasteiger partial charge in [-0.1, -0.05) is 106 Å². The maximum absolute atomic E-state index is 13.2. The highest BCUT2D eigenvalue weighted by molar-refractivity contribution is 6.47. The summed E-state index contributed by atoms with van der Waals surface area (Å²) >= 11 is 37.3. The molecule has 0 saturated heterocycles. The highest BCUT2D eigenvalue weighted by Gasteiger charge is 2.32. The fraction of sp³-hybridized carbons (Fsp3) is 0.176. The fourth-order valence-corrected chi connectivity index (χ4v) is 5.66. The summed E-state index contributed by atoms with van der Waals surface area (Å²) in [7, 11) is 0. The van der Waals surface area contributed by atoms with Crippen molar-refractivity contribution in [3.05, 3.63) is 123 Å². The van der Waals surface area contributed by atoms with Gasteiger partial charge in [0.2, 0.25) is 0 Å². The van der Waals surface area contributed by atoms with Crippen molar-refractivity contribution < 1.29 is 38.1 Å². The summed E-state index contributed by atoms with van der Waals surface area (Å²) in [5, 5.41) is -1.74. The van der Waals surface area contributed by atoms with Crippen LogP contribution >= 0.6 is 69.6 Å². The zero-order chi connectivity index (χ0) is 35.4. The van der Waals surface area contributed by atoms with E-state index < -0.39 is 46.5 Å². The van der Waals surface area contributed by atoms with E-state index in [1.807, 2.05) is 52.0 Å². The molecule has 8 nitrogen and oxygen atoms in total. The van der Waals surface area contributed by atoms with Gasteiger partial charge in [0.15, 0.2) is 11.5 Å². The SMILES string of the molecule is Cc1ccc(COC(=O)c2c(Cl)c(Cl)cc(Cl)c2OC(=O)C(=O)Oc2c(Cl)cc(Cl)c(Cl)c2C(=O)OCc2ccc(C)c(C)c2)cc1C. The van der Waals surface area contributed by atoms with Gasteiger partial charge in [0, 0.05) is 0 Å². The van der Waals surface area contributed by atoms with Gasteiger partial charge in [-0.3, -0.25) is 0 Å². The van der Waals surface area contributed by atoms with Crippen LogP contribution in [0.25, 0.3) is 0 Å². The molecule has 0 aliphatic heterocycles. The summed E-state index contributed by atoms with van der Waals surface area (Å²) in [5.41, 5.74) is 4.31. The molecular weight excluding hydrogens is 749 g/mol. The topological polar surface area (TPSA) is 105 Å². The van der Waals surface area contributed by atoms with Crippen LogP contribution in [0.1, 0.15) is 54.1 Å². The molecule has 0 aliphatic rings. The monoisotopic (exact) mass is 770 g/mol. The minimum Gasteiger partial charge on any atom is -0.457 e. The lowest BCUT2D eigenvalue weighted by atomic mass is 10.1. The molecule has 0 atom stereocenters. The van der Waals surface area contributed by atoms with E-state index in [4.69, 9.17) is 88.6 Å². The third kappa shape index (κ3) is 8.55. The van der Waals surface area contributed by atoms with Gasteiger partial charge < -0.3 is 18.9 Å². The molecule has 0 aromatic heterocycles. The summed E-state index contributed by atoms with van der Waals surface area (Å²) in [5.74, 6) is -6.75. The first kappa shape index (κ1) is 37.3. The van der Waals surface area contributed by atoms with Crippen molar-refractivity contribution in [2.45, 2.75) is 40.9 Å². The van der Waals surface area contributed by atoms with Gasteiger partial charge in [-0.05, 0) is 73.2 Å². The number of aryl methyl sites for hydroxylation is 4. The Labute approximate surface area is 305 Å². The Kier molecular flexibility index (Phi) is 12.3. The van der Waals surface area contributed by atoms with Crippen molar-refractivity contribution >= 4 is 93.5 Å². The van der Waals surface area contributed by atoms with Gasteiger partial charge in [-0.15, -0.1) is 0 Å². The van der Waals surface area contributed by atoms with Gasteiger partial charge in [-0.2, -0.15) is 0 Å². The predicted molar refractivity (Wildman–Crippen MR) is 184 cm³/mol. The van der Waals surface area contributed by atoms with Gasteiger partial charge in [-0.25, -0.2) is 19.2 Å². The van der Waals surface area contributed by atoms with Crippen LogP contribution in [0.15, 0.2) is 48.5 Å². The van der Waals surface area contributed by atoms with Crippen molar-refractivity contribution in [3.8, 4) is 11.5 Å². The number of rotatable bonds is 8. The van der Waals surface area contributed by atoms with Crippen molar-refractivity contribution in [2.24, 2.45) is 0 Å². The van der Waals surface area contributed by atoms with E-state index in [1.54, 1.807) is 12.1 Å². The van der Waals surface area contributed by atoms with Crippen molar-refractivity contribution in [3.63, 3.8) is 0 Å². The normalized spacial score (nSPS) is 10.8. The van der Waals surface area contributed by atoms with Gasteiger partial charge >= 0.3 is 23.9 Å². The number of carbonyl (C=O) groups is 4. The Morgan fingerprint density at radius 3 is 1.19 bits per heavy atom. The van der Waals surface area contributed by atoms with Crippen molar-refractivity contribution in [1.29, 1.82) is 0 Å². The van der Waals surface area contributed by atoms with Crippen LogP contribution in [0.4, 0.5) is 0 Å². The molecule has 4 rings (SSSR count). The molecule has 0 unspecified atom stereocenters. The van der Waals surface area contributed by atoms with E-state index in [9.17, 15) is 19.2 Å². The zero-order valence-electron chi connectivity index (χ0n) is 25.6. The molecule has 250 valence electrons. The van der Waals surface area contributed by atoms with Crippen molar-refractivity contribution in [2.75, 3.05) is 0 Å². The molecule has 0 radical (unpaired) electrons. The molecule has 0 N–H and O–H groups in total. The number of ether oxygens (including phenoxy) is 4. The quantitative estimate of drug-likeness (QED) is 0.0755. The molecule has 0 saturated carbocycles. The Balaban J connectivity index is 1.57. The van der Waals surface area contributed by atoms with Gasteiger partial charge in [0.05, 0.1) is 30.1 Å². The minimum absolute atomic E-state index is 0.159. The number of hydrogen-bond donors (Lipinski definition) is 0. The number of esters is 4. The van der Waals surface area contributed by atoms with Crippen LogP contribution in [0.3, 0.4) is 0 Å². The minimum atomic E-state index is -1.69. The van der Waals surface area contributed by atoms with Crippen LogP contribution in [-0.2, 0) is 32.3 Å². The molecule has 0 aliphatic carbocycles. The first-order valence-corrected chi connectivity index (χ1v) is 16.1. The number of hydrogen-bond acceptors (Lipinski definition) is 8. The van der Waals surface area contributed by atoms with E-state index in [1.165, 1.54) is 0 Å². The third-order valence-electron chi connectivity index (χ3n) is 7.10. The summed E-state index contributed by atoms with van der Waals surface area (Å²) < 4.78 is 21.1. The molecule has 4 aromatic carbocycles. The predicted octanol–water partition coefficient (Wildman–Crippen LogP) is 10.1. The summed E-state index contributed by atoms with van der Waals surface area (Å²) in [4.78, 5) is 52.3. The summed E-state index contributed by atoms with van der Waals surface area (Å²) in [6, 6.07) is 13.1. The highest BCUT2D eigenvalue weighted by atomic mass is 35.5. The second-order valence-electron chi connectivity index (χ2n) is 10.5. The number of benzene rings is 4. The van der Waals surface area contributed by atoms with E-state index >= 15 is 0 Å². The lowest BCUT2D eigenvalue weighted by Gasteiger charge is -2.16. The second-order valence-corrected chi connectivity index (χ2v) is 12.9.